The first-order chi connectivity index (χ1) is 37.1. The van der Waals surface area contributed by atoms with Gasteiger partial charge in [-0.1, -0.05) is 163 Å². The number of aryl methyl sites for hydroxylation is 4. The van der Waals surface area contributed by atoms with E-state index in [9.17, 15) is 0 Å². The van der Waals surface area contributed by atoms with E-state index in [4.69, 9.17) is 4.42 Å². The normalized spacial score (nSPS) is 13.2. The number of furan rings is 1. The van der Waals surface area contributed by atoms with Crippen LogP contribution in [0.25, 0.3) is 71.7 Å². The highest BCUT2D eigenvalue weighted by molar-refractivity contribution is 7.00. The van der Waals surface area contributed by atoms with Crippen molar-refractivity contribution < 1.29 is 4.42 Å². The van der Waals surface area contributed by atoms with Crippen molar-refractivity contribution in [2.24, 2.45) is 0 Å². The third kappa shape index (κ3) is 7.19. The number of benzene rings is 10. The summed E-state index contributed by atoms with van der Waals surface area (Å²) in [6, 6.07) is 72.9. The quantitative estimate of drug-likeness (QED) is 0.161. The summed E-state index contributed by atoms with van der Waals surface area (Å²) < 4.78 is 9.16. The van der Waals surface area contributed by atoms with Crippen LogP contribution in [-0.2, 0) is 10.8 Å². The van der Waals surface area contributed by atoms with Crippen molar-refractivity contribution in [1.82, 2.24) is 4.57 Å². The van der Waals surface area contributed by atoms with E-state index in [0.717, 1.165) is 38.8 Å². The second-order valence-electron chi connectivity index (χ2n) is 24.0. The Morgan fingerprint density at radius 1 is 0.390 bits per heavy atom. The van der Waals surface area contributed by atoms with Crippen LogP contribution in [0.4, 0.5) is 34.1 Å². The molecular formula is C72H62BN3O. The fourth-order valence-corrected chi connectivity index (χ4v) is 13.2. The van der Waals surface area contributed by atoms with Crippen molar-refractivity contribution in [3.05, 3.63) is 228 Å². The Bertz CT molecular complexity index is 4370. The maximum absolute atomic E-state index is 6.69. The summed E-state index contributed by atoms with van der Waals surface area (Å²) in [5, 5.41) is 4.77. The summed E-state index contributed by atoms with van der Waals surface area (Å²) in [5.74, 6) is 0. The molecule has 2 aliphatic heterocycles. The Balaban J connectivity index is 1.10. The minimum atomic E-state index is -0.184. The molecular weight excluding hydrogens is 934 g/mol. The number of rotatable bonds is 5. The molecule has 0 bridgehead atoms. The molecule has 0 radical (unpaired) electrons. The molecule has 0 unspecified atom stereocenters. The minimum Gasteiger partial charge on any atom is -0.455 e. The summed E-state index contributed by atoms with van der Waals surface area (Å²) in [6.07, 6.45) is 0. The Hall–Kier alpha value is -8.54. The van der Waals surface area contributed by atoms with Gasteiger partial charge in [-0.25, -0.2) is 0 Å². The van der Waals surface area contributed by atoms with Gasteiger partial charge in [-0.15, -0.1) is 0 Å². The Kier molecular flexibility index (Phi) is 10.4. The SMILES string of the molecule is Cc1cc(-c2ccccc2)cc(C)c1N1c2cc(C(C)(C)C)ccc2B2c3cc4c5ccccc5n(-c5ccccc5)c4cc3N(c3c(C)cc(-c4cccc5c4oc4ccccc45)cc3C)c3cc(C(C)(C)C)cc1c32. The second kappa shape index (κ2) is 17.0. The number of hydrogen-bond acceptors (Lipinski definition) is 3. The Morgan fingerprint density at radius 3 is 1.58 bits per heavy atom. The number of fused-ring (bicyclic) bond motifs is 10. The van der Waals surface area contributed by atoms with Crippen LogP contribution in [0.5, 0.6) is 0 Å². The molecule has 0 spiro atoms. The van der Waals surface area contributed by atoms with Gasteiger partial charge in [-0.05, 0) is 178 Å². The Morgan fingerprint density at radius 2 is 0.935 bits per heavy atom. The molecule has 14 rings (SSSR count). The van der Waals surface area contributed by atoms with Crippen molar-refractivity contribution in [1.29, 1.82) is 0 Å². The third-order valence-corrected chi connectivity index (χ3v) is 16.9. The molecule has 0 amide bonds. The fraction of sp³-hybridized carbons (Fsp3) is 0.167. The zero-order chi connectivity index (χ0) is 52.8. The highest BCUT2D eigenvalue weighted by atomic mass is 16.3. The standard InChI is InChI=1S/C72H62BN3O/c1-43-34-48(47-22-13-11-14-23-47)35-44(2)68(43)75-62-38-50(71(5,6)7)32-33-58(62)73-59-41-57-54-26-17-19-30-60(54)74(52-24-15-12-16-25-52)61(57)42-63(59)76(65-40-51(72(8,9)10)39-64(75)67(65)73)69-45(3)36-49(37-46(69)4)53-28-21-29-56-55-27-18-20-31-66(55)77-70(53)56/h11-42H,1-10H3. The molecule has 2 aromatic heterocycles. The molecule has 0 fully saturated rings. The lowest BCUT2D eigenvalue weighted by molar-refractivity contribution is 0.590. The summed E-state index contributed by atoms with van der Waals surface area (Å²) in [5.41, 5.74) is 28.6. The van der Waals surface area contributed by atoms with Crippen LogP contribution in [0.2, 0.25) is 0 Å². The molecule has 4 nitrogen and oxygen atoms in total. The monoisotopic (exact) mass is 995 g/mol. The van der Waals surface area contributed by atoms with Crippen LogP contribution in [0, 0.1) is 27.7 Å². The van der Waals surface area contributed by atoms with Crippen LogP contribution in [0.15, 0.2) is 199 Å². The van der Waals surface area contributed by atoms with E-state index in [-0.39, 0.29) is 17.5 Å². The molecule has 0 N–H and O–H groups in total. The van der Waals surface area contributed by atoms with Crippen LogP contribution >= 0.6 is 0 Å². The van der Waals surface area contributed by atoms with Gasteiger partial charge >= 0.3 is 0 Å². The molecule has 374 valence electrons. The zero-order valence-corrected chi connectivity index (χ0v) is 45.8. The summed E-state index contributed by atoms with van der Waals surface area (Å²) in [4.78, 5) is 5.32. The molecule has 0 aliphatic carbocycles. The van der Waals surface area contributed by atoms with Gasteiger partial charge in [0.25, 0.3) is 6.71 Å². The van der Waals surface area contributed by atoms with E-state index in [1.165, 1.54) is 117 Å². The predicted molar refractivity (Wildman–Crippen MR) is 329 cm³/mol. The molecule has 77 heavy (non-hydrogen) atoms. The lowest BCUT2D eigenvalue weighted by Gasteiger charge is -2.46. The second-order valence-corrected chi connectivity index (χ2v) is 24.0. The molecule has 12 aromatic rings. The smallest absolute Gasteiger partial charge is 0.252 e. The number of anilines is 6. The molecule has 0 saturated heterocycles. The number of nitrogens with zero attached hydrogens (tertiary/aromatic N) is 3. The molecule has 5 heteroatoms. The van der Waals surface area contributed by atoms with E-state index >= 15 is 0 Å². The largest absolute Gasteiger partial charge is 0.455 e. The molecule has 10 aromatic carbocycles. The lowest BCUT2D eigenvalue weighted by atomic mass is 9.33. The van der Waals surface area contributed by atoms with Gasteiger partial charge in [0.2, 0.25) is 0 Å². The summed E-state index contributed by atoms with van der Waals surface area (Å²) in [6.45, 7) is 23.3. The van der Waals surface area contributed by atoms with E-state index in [2.05, 4.69) is 278 Å². The van der Waals surface area contributed by atoms with Crippen LogP contribution in [0.3, 0.4) is 0 Å². The number of hydrogen-bond donors (Lipinski definition) is 0. The van der Waals surface area contributed by atoms with Gasteiger partial charge < -0.3 is 18.8 Å². The van der Waals surface area contributed by atoms with Gasteiger partial charge in [0, 0.05) is 55.5 Å². The number of para-hydroxylation sites is 4. The molecule has 0 atom stereocenters. The average molecular weight is 996 g/mol. The van der Waals surface area contributed by atoms with Gasteiger partial charge in [-0.2, -0.15) is 0 Å². The topological polar surface area (TPSA) is 24.6 Å². The van der Waals surface area contributed by atoms with E-state index < -0.39 is 0 Å². The maximum Gasteiger partial charge on any atom is 0.252 e. The van der Waals surface area contributed by atoms with Crippen LogP contribution in [0.1, 0.15) is 74.9 Å². The van der Waals surface area contributed by atoms with Gasteiger partial charge in [0.05, 0.1) is 22.4 Å². The first kappa shape index (κ1) is 47.0. The van der Waals surface area contributed by atoms with Crippen molar-refractivity contribution in [3.63, 3.8) is 0 Å². The molecule has 4 heterocycles. The van der Waals surface area contributed by atoms with Gasteiger partial charge in [0.15, 0.2) is 0 Å². The highest BCUT2D eigenvalue weighted by Crippen LogP contribution is 2.51. The minimum absolute atomic E-state index is 0.0708. The first-order valence-electron chi connectivity index (χ1n) is 27.4. The Labute approximate surface area is 452 Å². The van der Waals surface area contributed by atoms with Crippen molar-refractivity contribution >= 4 is 101 Å². The van der Waals surface area contributed by atoms with Crippen molar-refractivity contribution in [2.75, 3.05) is 9.80 Å². The lowest BCUT2D eigenvalue weighted by Crippen LogP contribution is -2.61. The third-order valence-electron chi connectivity index (χ3n) is 16.9. The van der Waals surface area contributed by atoms with Gasteiger partial charge in [0.1, 0.15) is 11.2 Å². The van der Waals surface area contributed by atoms with Crippen molar-refractivity contribution in [3.8, 4) is 27.9 Å². The summed E-state index contributed by atoms with van der Waals surface area (Å²) >= 11 is 0. The summed E-state index contributed by atoms with van der Waals surface area (Å²) in [7, 11) is 0. The zero-order valence-electron chi connectivity index (χ0n) is 45.8. The van der Waals surface area contributed by atoms with E-state index in [0.29, 0.717) is 0 Å². The fourth-order valence-electron chi connectivity index (χ4n) is 13.2. The predicted octanol–water partition coefficient (Wildman–Crippen LogP) is 17.9. The van der Waals surface area contributed by atoms with E-state index in [1.54, 1.807) is 0 Å². The molecule has 2 aliphatic rings. The first-order valence-corrected chi connectivity index (χ1v) is 27.4. The maximum atomic E-state index is 6.69. The van der Waals surface area contributed by atoms with Gasteiger partial charge in [-0.3, -0.25) is 0 Å². The van der Waals surface area contributed by atoms with Crippen molar-refractivity contribution in [2.45, 2.75) is 80.1 Å². The average Bonchev–Trinajstić information content (AvgIpc) is 4.08. The highest BCUT2D eigenvalue weighted by Gasteiger charge is 2.46. The van der Waals surface area contributed by atoms with Crippen LogP contribution < -0.4 is 26.2 Å². The molecule has 0 saturated carbocycles. The number of aromatic nitrogens is 1. The van der Waals surface area contributed by atoms with E-state index in [1.807, 2.05) is 0 Å². The van der Waals surface area contributed by atoms with Crippen LogP contribution in [-0.4, -0.2) is 11.3 Å².